The van der Waals surface area contributed by atoms with Gasteiger partial charge in [-0.2, -0.15) is 0 Å². The fourth-order valence-corrected chi connectivity index (χ4v) is 3.71. The summed E-state index contributed by atoms with van der Waals surface area (Å²) < 4.78 is 5.08. The first-order valence-corrected chi connectivity index (χ1v) is 8.70. The maximum atomic E-state index is 11.8. The van der Waals surface area contributed by atoms with Crippen molar-refractivity contribution in [1.29, 1.82) is 0 Å². The maximum absolute atomic E-state index is 11.8. The Morgan fingerprint density at radius 1 is 1.12 bits per heavy atom. The molecule has 2 aromatic rings. The van der Waals surface area contributed by atoms with Gasteiger partial charge in [-0.05, 0) is 49.4 Å². The summed E-state index contributed by atoms with van der Waals surface area (Å²) in [6.45, 7) is 4.01. The van der Waals surface area contributed by atoms with Crippen molar-refractivity contribution in [3.8, 4) is 11.3 Å². The van der Waals surface area contributed by atoms with Crippen LogP contribution in [0.2, 0.25) is 0 Å². The van der Waals surface area contributed by atoms with Crippen molar-refractivity contribution in [2.75, 3.05) is 31.1 Å². The van der Waals surface area contributed by atoms with Gasteiger partial charge in [-0.15, -0.1) is 5.10 Å². The zero-order chi connectivity index (χ0) is 16.4. The van der Waals surface area contributed by atoms with Gasteiger partial charge in [0.2, 0.25) is 5.91 Å². The summed E-state index contributed by atoms with van der Waals surface area (Å²) in [5.41, 5.74) is 2.23. The Labute approximate surface area is 141 Å². The van der Waals surface area contributed by atoms with Crippen LogP contribution in [0.15, 0.2) is 35.0 Å². The molecular formula is C18H22N4O2. The second-order valence-corrected chi connectivity index (χ2v) is 6.70. The van der Waals surface area contributed by atoms with E-state index in [-0.39, 0.29) is 0 Å². The van der Waals surface area contributed by atoms with Crippen molar-refractivity contribution < 1.29 is 9.32 Å². The van der Waals surface area contributed by atoms with Crippen LogP contribution in [0.4, 0.5) is 5.69 Å². The van der Waals surface area contributed by atoms with E-state index in [4.69, 9.17) is 4.52 Å². The number of nitrogens with zero attached hydrogens (tertiary/aromatic N) is 4. The highest BCUT2D eigenvalue weighted by molar-refractivity contribution is 5.78. The molecule has 1 amide bonds. The van der Waals surface area contributed by atoms with E-state index in [1.165, 1.54) is 5.69 Å². The lowest BCUT2D eigenvalue weighted by Crippen LogP contribution is -2.39. The number of likely N-dealkylation sites (tertiary alicyclic amines) is 1. The average Bonchev–Trinajstić information content (AvgIpc) is 3.29. The van der Waals surface area contributed by atoms with Gasteiger partial charge in [0.25, 0.3) is 0 Å². The normalized spacial score (nSPS) is 19.2. The quantitative estimate of drug-likeness (QED) is 0.864. The van der Waals surface area contributed by atoms with E-state index >= 15 is 0 Å². The Kier molecular flexibility index (Phi) is 4.19. The molecule has 4 rings (SSSR count). The number of aromatic nitrogens is 2. The van der Waals surface area contributed by atoms with E-state index in [0.29, 0.717) is 17.6 Å². The average molecular weight is 326 g/mol. The SMILES string of the molecule is O=C1CCCN1CC1CCN(c2ccc(-c3cnno3)cc2)CC1. The molecule has 6 nitrogen and oxygen atoms in total. The summed E-state index contributed by atoms with van der Waals surface area (Å²) in [6.07, 6.45) is 5.70. The van der Waals surface area contributed by atoms with Gasteiger partial charge in [0.05, 0.1) is 6.20 Å². The molecule has 2 aliphatic rings. The molecule has 126 valence electrons. The monoisotopic (exact) mass is 326 g/mol. The van der Waals surface area contributed by atoms with Crippen molar-refractivity contribution in [2.45, 2.75) is 25.7 Å². The van der Waals surface area contributed by atoms with Crippen LogP contribution in [-0.2, 0) is 4.79 Å². The summed E-state index contributed by atoms with van der Waals surface area (Å²) in [5, 5.41) is 7.21. The zero-order valence-electron chi connectivity index (χ0n) is 13.7. The molecule has 1 aromatic carbocycles. The van der Waals surface area contributed by atoms with Crippen LogP contribution >= 0.6 is 0 Å². The second-order valence-electron chi connectivity index (χ2n) is 6.70. The molecule has 0 N–H and O–H groups in total. The maximum Gasteiger partial charge on any atom is 0.222 e. The second kappa shape index (κ2) is 6.63. The standard InChI is InChI=1S/C18H22N4O2/c23-18-2-1-9-22(18)13-14-7-10-21(11-8-14)16-5-3-15(4-6-16)17-12-19-20-24-17/h3-6,12,14H,1-2,7-11,13H2. The van der Waals surface area contributed by atoms with E-state index in [2.05, 4.69) is 32.3 Å². The van der Waals surface area contributed by atoms with Gasteiger partial charge in [0, 0.05) is 49.1 Å². The molecule has 2 saturated heterocycles. The minimum absolute atomic E-state index is 0.343. The lowest BCUT2D eigenvalue weighted by Gasteiger charge is -2.35. The molecule has 24 heavy (non-hydrogen) atoms. The molecular weight excluding hydrogens is 304 g/mol. The third kappa shape index (κ3) is 3.13. The predicted molar refractivity (Wildman–Crippen MR) is 90.5 cm³/mol. The summed E-state index contributed by atoms with van der Waals surface area (Å²) in [6, 6.07) is 8.35. The molecule has 6 heteroatoms. The third-order valence-electron chi connectivity index (χ3n) is 5.14. The molecule has 0 radical (unpaired) electrons. The van der Waals surface area contributed by atoms with Crippen LogP contribution in [0.1, 0.15) is 25.7 Å². The van der Waals surface area contributed by atoms with Gasteiger partial charge in [0.15, 0.2) is 5.76 Å². The first-order chi connectivity index (χ1) is 11.8. The van der Waals surface area contributed by atoms with Crippen molar-refractivity contribution in [3.63, 3.8) is 0 Å². The number of hydrogen-bond donors (Lipinski definition) is 0. The molecule has 3 heterocycles. The number of carbonyl (C=O) groups is 1. The first-order valence-electron chi connectivity index (χ1n) is 8.70. The number of amides is 1. The minimum atomic E-state index is 0.343. The number of rotatable bonds is 4. The Hall–Kier alpha value is -2.37. The molecule has 0 saturated carbocycles. The van der Waals surface area contributed by atoms with Crippen LogP contribution < -0.4 is 4.90 Å². The van der Waals surface area contributed by atoms with E-state index < -0.39 is 0 Å². The number of carbonyl (C=O) groups excluding carboxylic acids is 1. The molecule has 0 bridgehead atoms. The number of hydrogen-bond acceptors (Lipinski definition) is 5. The van der Waals surface area contributed by atoms with Crippen molar-refractivity contribution in [1.82, 2.24) is 15.3 Å². The Morgan fingerprint density at radius 2 is 1.92 bits per heavy atom. The van der Waals surface area contributed by atoms with Crippen LogP contribution in [-0.4, -0.2) is 47.4 Å². The van der Waals surface area contributed by atoms with E-state index in [1.54, 1.807) is 6.20 Å². The number of piperidine rings is 1. The highest BCUT2D eigenvalue weighted by Crippen LogP contribution is 2.27. The summed E-state index contributed by atoms with van der Waals surface area (Å²) in [7, 11) is 0. The molecule has 2 fully saturated rings. The summed E-state index contributed by atoms with van der Waals surface area (Å²) >= 11 is 0. The third-order valence-corrected chi connectivity index (χ3v) is 5.14. The molecule has 1 aromatic heterocycles. The minimum Gasteiger partial charge on any atom is -0.372 e. The van der Waals surface area contributed by atoms with Gasteiger partial charge < -0.3 is 14.3 Å². The molecule has 0 unspecified atom stereocenters. The van der Waals surface area contributed by atoms with Crippen molar-refractivity contribution in [3.05, 3.63) is 30.5 Å². The molecule has 0 aliphatic carbocycles. The topological polar surface area (TPSA) is 62.5 Å². The highest BCUT2D eigenvalue weighted by atomic mass is 16.5. The lowest BCUT2D eigenvalue weighted by atomic mass is 9.95. The van der Waals surface area contributed by atoms with Crippen LogP contribution in [0.5, 0.6) is 0 Å². The first kappa shape index (κ1) is 15.2. The number of anilines is 1. The largest absolute Gasteiger partial charge is 0.372 e. The van der Waals surface area contributed by atoms with Gasteiger partial charge in [-0.25, -0.2) is 0 Å². The summed E-state index contributed by atoms with van der Waals surface area (Å²) in [5.74, 6) is 1.67. The van der Waals surface area contributed by atoms with E-state index in [1.807, 2.05) is 12.1 Å². The number of benzene rings is 1. The smallest absolute Gasteiger partial charge is 0.222 e. The van der Waals surface area contributed by atoms with Crippen LogP contribution in [0, 0.1) is 5.92 Å². The van der Waals surface area contributed by atoms with Crippen LogP contribution in [0.25, 0.3) is 11.3 Å². The lowest BCUT2D eigenvalue weighted by molar-refractivity contribution is -0.128. The van der Waals surface area contributed by atoms with Gasteiger partial charge in [0.1, 0.15) is 0 Å². The van der Waals surface area contributed by atoms with Gasteiger partial charge in [-0.1, -0.05) is 0 Å². The molecule has 0 spiro atoms. The fourth-order valence-electron chi connectivity index (χ4n) is 3.71. The van der Waals surface area contributed by atoms with Gasteiger partial charge >= 0.3 is 0 Å². The highest BCUT2D eigenvalue weighted by Gasteiger charge is 2.26. The Balaban J connectivity index is 1.33. The van der Waals surface area contributed by atoms with Crippen LogP contribution in [0.3, 0.4) is 0 Å². The fraction of sp³-hybridized carbons (Fsp3) is 0.500. The molecule has 0 atom stereocenters. The Morgan fingerprint density at radius 3 is 2.54 bits per heavy atom. The van der Waals surface area contributed by atoms with Crippen molar-refractivity contribution >= 4 is 11.6 Å². The molecule has 2 aliphatic heterocycles. The van der Waals surface area contributed by atoms with Crippen molar-refractivity contribution in [2.24, 2.45) is 5.92 Å². The Bertz CT molecular complexity index is 676. The summed E-state index contributed by atoms with van der Waals surface area (Å²) in [4.78, 5) is 16.2. The van der Waals surface area contributed by atoms with E-state index in [0.717, 1.165) is 57.4 Å². The predicted octanol–water partition coefficient (Wildman–Crippen LogP) is 2.58. The van der Waals surface area contributed by atoms with Gasteiger partial charge in [-0.3, -0.25) is 4.79 Å². The van der Waals surface area contributed by atoms with E-state index in [9.17, 15) is 4.79 Å². The zero-order valence-corrected chi connectivity index (χ0v) is 13.7.